The molecule has 5 heteroatoms. The van der Waals surface area contributed by atoms with Crippen LogP contribution < -0.4 is 16.2 Å². The number of hydrazine groups is 1. The number of nitrogens with one attached hydrogen (secondary N) is 3. The number of carbonyl (C=O) groups is 2. The van der Waals surface area contributed by atoms with Gasteiger partial charge in [-0.1, -0.05) is 0 Å². The molecule has 0 aromatic carbocycles. The standard InChI is InChI=1S/C9H17N3O2/c1-9(2,3)10-8(14)12-11-7(13)6-4-5-6/h6H,4-5H2,1-3H3,(H,11,13)(H2,10,12,14). The number of hydrogen-bond acceptors (Lipinski definition) is 2. The maximum absolute atomic E-state index is 11.2. The smallest absolute Gasteiger partial charge is 0.332 e. The lowest BCUT2D eigenvalue weighted by molar-refractivity contribution is -0.123. The Morgan fingerprint density at radius 3 is 2.14 bits per heavy atom. The van der Waals surface area contributed by atoms with Crippen molar-refractivity contribution in [1.82, 2.24) is 16.2 Å². The van der Waals surface area contributed by atoms with Gasteiger partial charge in [-0.25, -0.2) is 10.2 Å². The van der Waals surface area contributed by atoms with Gasteiger partial charge in [0.05, 0.1) is 0 Å². The van der Waals surface area contributed by atoms with E-state index in [-0.39, 0.29) is 23.4 Å². The minimum atomic E-state index is -0.383. The van der Waals surface area contributed by atoms with Gasteiger partial charge >= 0.3 is 6.03 Å². The molecule has 0 unspecified atom stereocenters. The third kappa shape index (κ3) is 4.11. The van der Waals surface area contributed by atoms with Crippen LogP contribution in [0.3, 0.4) is 0 Å². The summed E-state index contributed by atoms with van der Waals surface area (Å²) in [5.74, 6) is -0.000930. The summed E-state index contributed by atoms with van der Waals surface area (Å²) < 4.78 is 0. The van der Waals surface area contributed by atoms with Crippen molar-refractivity contribution >= 4 is 11.9 Å². The summed E-state index contributed by atoms with van der Waals surface area (Å²) in [5.41, 5.74) is 4.38. The molecule has 1 fully saturated rings. The van der Waals surface area contributed by atoms with E-state index >= 15 is 0 Å². The fourth-order valence-electron chi connectivity index (χ4n) is 0.938. The minimum absolute atomic E-state index is 0.102. The summed E-state index contributed by atoms with van der Waals surface area (Å²) in [6.07, 6.45) is 1.85. The number of hydrogen-bond donors (Lipinski definition) is 3. The lowest BCUT2D eigenvalue weighted by Crippen LogP contribution is -2.52. The molecule has 1 aliphatic carbocycles. The van der Waals surface area contributed by atoms with Crippen LogP contribution in [0.4, 0.5) is 4.79 Å². The van der Waals surface area contributed by atoms with Crippen molar-refractivity contribution in [3.05, 3.63) is 0 Å². The maximum atomic E-state index is 11.2. The van der Waals surface area contributed by atoms with Gasteiger partial charge in [0.15, 0.2) is 0 Å². The Kier molecular flexibility index (Phi) is 2.98. The van der Waals surface area contributed by atoms with Gasteiger partial charge in [0.2, 0.25) is 5.91 Å². The van der Waals surface area contributed by atoms with E-state index < -0.39 is 0 Å². The normalized spacial score (nSPS) is 15.9. The van der Waals surface area contributed by atoms with E-state index in [0.717, 1.165) is 12.8 Å². The quantitative estimate of drug-likeness (QED) is 0.539. The van der Waals surface area contributed by atoms with E-state index in [4.69, 9.17) is 0 Å². The van der Waals surface area contributed by atoms with Crippen LogP contribution in [0.25, 0.3) is 0 Å². The monoisotopic (exact) mass is 199 g/mol. The van der Waals surface area contributed by atoms with Gasteiger partial charge in [0.25, 0.3) is 0 Å². The highest BCUT2D eigenvalue weighted by Crippen LogP contribution is 2.28. The first-order chi connectivity index (χ1) is 6.38. The predicted molar refractivity (Wildman–Crippen MR) is 52.3 cm³/mol. The van der Waals surface area contributed by atoms with E-state index in [1.54, 1.807) is 0 Å². The zero-order valence-electron chi connectivity index (χ0n) is 8.81. The molecular formula is C9H17N3O2. The Morgan fingerprint density at radius 1 is 1.14 bits per heavy atom. The first kappa shape index (κ1) is 10.8. The molecule has 0 heterocycles. The second-order valence-electron chi connectivity index (χ2n) is 4.59. The third-order valence-corrected chi connectivity index (χ3v) is 1.74. The molecular weight excluding hydrogens is 182 g/mol. The van der Waals surface area contributed by atoms with Gasteiger partial charge in [0.1, 0.15) is 0 Å². The molecule has 14 heavy (non-hydrogen) atoms. The molecule has 1 rings (SSSR count). The zero-order chi connectivity index (χ0) is 10.8. The molecule has 0 saturated heterocycles. The lowest BCUT2D eigenvalue weighted by Gasteiger charge is -2.20. The van der Waals surface area contributed by atoms with Crippen molar-refractivity contribution in [2.75, 3.05) is 0 Å². The van der Waals surface area contributed by atoms with E-state index in [9.17, 15) is 9.59 Å². The molecule has 0 aliphatic heterocycles. The van der Waals surface area contributed by atoms with Crippen LogP contribution in [0.5, 0.6) is 0 Å². The Bertz CT molecular complexity index is 241. The molecule has 5 nitrogen and oxygen atoms in total. The van der Waals surface area contributed by atoms with E-state index in [1.165, 1.54) is 0 Å². The van der Waals surface area contributed by atoms with Gasteiger partial charge < -0.3 is 5.32 Å². The zero-order valence-corrected chi connectivity index (χ0v) is 8.81. The highest BCUT2D eigenvalue weighted by atomic mass is 16.2. The third-order valence-electron chi connectivity index (χ3n) is 1.74. The van der Waals surface area contributed by atoms with Crippen molar-refractivity contribution in [2.24, 2.45) is 5.92 Å². The average Bonchev–Trinajstić information content (AvgIpc) is 2.78. The molecule has 0 spiro atoms. The Labute approximate surface area is 83.6 Å². The maximum Gasteiger partial charge on any atom is 0.333 e. The molecule has 80 valence electrons. The second-order valence-corrected chi connectivity index (χ2v) is 4.59. The summed E-state index contributed by atoms with van der Waals surface area (Å²) >= 11 is 0. The average molecular weight is 199 g/mol. The summed E-state index contributed by atoms with van der Waals surface area (Å²) in [6, 6.07) is -0.383. The van der Waals surface area contributed by atoms with E-state index in [0.29, 0.717) is 0 Å². The van der Waals surface area contributed by atoms with Crippen LogP contribution in [-0.2, 0) is 4.79 Å². The molecule has 3 N–H and O–H groups in total. The van der Waals surface area contributed by atoms with Crippen molar-refractivity contribution in [3.63, 3.8) is 0 Å². The molecule has 1 saturated carbocycles. The summed E-state index contributed by atoms with van der Waals surface area (Å²) in [4.78, 5) is 22.3. The van der Waals surface area contributed by atoms with Crippen molar-refractivity contribution < 1.29 is 9.59 Å². The van der Waals surface area contributed by atoms with Crippen LogP contribution in [0.1, 0.15) is 33.6 Å². The van der Waals surface area contributed by atoms with E-state index in [1.807, 2.05) is 20.8 Å². The van der Waals surface area contributed by atoms with Gasteiger partial charge in [-0.3, -0.25) is 10.2 Å². The fraction of sp³-hybridized carbons (Fsp3) is 0.778. The Balaban J connectivity index is 2.17. The predicted octanol–water partition coefficient (Wildman–Crippen LogP) is 0.525. The van der Waals surface area contributed by atoms with Gasteiger partial charge in [0, 0.05) is 11.5 Å². The largest absolute Gasteiger partial charge is 0.333 e. The first-order valence-corrected chi connectivity index (χ1v) is 4.76. The SMILES string of the molecule is CC(C)(C)NC(=O)NNC(=O)C1CC1. The van der Waals surface area contributed by atoms with Crippen LogP contribution in [0, 0.1) is 5.92 Å². The molecule has 0 atom stereocenters. The number of urea groups is 1. The summed E-state index contributed by atoms with van der Waals surface area (Å²) in [6.45, 7) is 5.61. The van der Waals surface area contributed by atoms with E-state index in [2.05, 4.69) is 16.2 Å². The molecule has 0 aromatic heterocycles. The molecule has 0 radical (unpaired) electrons. The van der Waals surface area contributed by atoms with Crippen LogP contribution in [0.15, 0.2) is 0 Å². The number of carbonyl (C=O) groups excluding carboxylic acids is 2. The Morgan fingerprint density at radius 2 is 1.71 bits per heavy atom. The molecule has 0 bridgehead atoms. The van der Waals surface area contributed by atoms with Gasteiger partial charge in [-0.05, 0) is 33.6 Å². The number of rotatable bonds is 1. The minimum Gasteiger partial charge on any atom is -0.332 e. The first-order valence-electron chi connectivity index (χ1n) is 4.76. The summed E-state index contributed by atoms with van der Waals surface area (Å²) in [7, 11) is 0. The van der Waals surface area contributed by atoms with Crippen molar-refractivity contribution in [2.45, 2.75) is 39.2 Å². The summed E-state index contributed by atoms with van der Waals surface area (Å²) in [5, 5.41) is 2.67. The highest BCUT2D eigenvalue weighted by molar-refractivity contribution is 5.84. The van der Waals surface area contributed by atoms with Crippen molar-refractivity contribution in [1.29, 1.82) is 0 Å². The molecule has 1 aliphatic rings. The second kappa shape index (κ2) is 3.86. The lowest BCUT2D eigenvalue weighted by atomic mass is 10.1. The van der Waals surface area contributed by atoms with Gasteiger partial charge in [-0.2, -0.15) is 0 Å². The van der Waals surface area contributed by atoms with Crippen LogP contribution >= 0.6 is 0 Å². The molecule has 0 aromatic rings. The Hall–Kier alpha value is -1.26. The van der Waals surface area contributed by atoms with Gasteiger partial charge in [-0.15, -0.1) is 0 Å². The van der Waals surface area contributed by atoms with Crippen molar-refractivity contribution in [3.8, 4) is 0 Å². The molecule has 3 amide bonds. The van der Waals surface area contributed by atoms with Crippen LogP contribution in [0.2, 0.25) is 0 Å². The fourth-order valence-corrected chi connectivity index (χ4v) is 0.938. The number of amides is 3. The topological polar surface area (TPSA) is 70.2 Å². The van der Waals surface area contributed by atoms with Crippen LogP contribution in [-0.4, -0.2) is 17.5 Å². The highest BCUT2D eigenvalue weighted by Gasteiger charge is 2.29.